The maximum atomic E-state index is 10.9. The number of benzene rings is 1. The Morgan fingerprint density at radius 1 is 1.36 bits per heavy atom. The van der Waals surface area contributed by atoms with Gasteiger partial charge >= 0.3 is 0 Å². The molecule has 0 fully saturated rings. The number of nitro groups is 1. The molecule has 1 N–H and O–H groups in total. The van der Waals surface area contributed by atoms with Gasteiger partial charge in [0.1, 0.15) is 17.0 Å². The van der Waals surface area contributed by atoms with Gasteiger partial charge in [0.2, 0.25) is 0 Å². The van der Waals surface area contributed by atoms with Crippen molar-refractivity contribution in [2.24, 2.45) is 0 Å². The van der Waals surface area contributed by atoms with Crippen LogP contribution in [0.4, 0.5) is 11.5 Å². The highest BCUT2D eigenvalue weighted by molar-refractivity contribution is 7.19. The van der Waals surface area contributed by atoms with E-state index in [1.807, 2.05) is 6.07 Å². The van der Waals surface area contributed by atoms with Crippen molar-refractivity contribution < 1.29 is 4.92 Å². The second-order valence-electron chi connectivity index (χ2n) is 6.31. The highest BCUT2D eigenvalue weighted by atomic mass is 32.1. The normalized spacial score (nSPS) is 17.6. The van der Waals surface area contributed by atoms with Gasteiger partial charge in [0.25, 0.3) is 5.69 Å². The van der Waals surface area contributed by atoms with Crippen molar-refractivity contribution in [2.45, 2.75) is 25.3 Å². The summed E-state index contributed by atoms with van der Waals surface area (Å²) in [6.45, 7) is 0.487. The van der Waals surface area contributed by atoms with Crippen LogP contribution < -0.4 is 5.32 Å². The molecule has 0 spiro atoms. The summed E-state index contributed by atoms with van der Waals surface area (Å²) in [5.41, 5.74) is 3.71. The second kappa shape index (κ2) is 5.35. The number of allylic oxidation sites excluding steroid dienone is 2. The van der Waals surface area contributed by atoms with Gasteiger partial charge in [0.15, 0.2) is 0 Å². The number of anilines is 1. The van der Waals surface area contributed by atoms with E-state index in [9.17, 15) is 10.1 Å². The summed E-state index contributed by atoms with van der Waals surface area (Å²) in [4.78, 5) is 21.8. The number of rotatable bonds is 4. The zero-order valence-electron chi connectivity index (χ0n) is 13.2. The number of hydrogen-bond donors (Lipinski definition) is 1. The van der Waals surface area contributed by atoms with Crippen LogP contribution in [0, 0.1) is 10.1 Å². The van der Waals surface area contributed by atoms with Crippen molar-refractivity contribution >= 4 is 38.6 Å². The van der Waals surface area contributed by atoms with Crippen LogP contribution in [0.5, 0.6) is 0 Å². The molecule has 0 amide bonds. The predicted octanol–water partition coefficient (Wildman–Crippen LogP) is 4.49. The average Bonchev–Trinajstić information content (AvgIpc) is 3.17. The Morgan fingerprint density at radius 2 is 2.28 bits per heavy atom. The monoisotopic (exact) mass is 350 g/mol. The average molecular weight is 350 g/mol. The minimum Gasteiger partial charge on any atom is -0.365 e. The molecule has 0 aliphatic heterocycles. The van der Waals surface area contributed by atoms with E-state index in [0.29, 0.717) is 12.5 Å². The molecule has 2 aliphatic carbocycles. The van der Waals surface area contributed by atoms with Gasteiger partial charge in [0, 0.05) is 35.0 Å². The van der Waals surface area contributed by atoms with Crippen molar-refractivity contribution in [2.75, 3.05) is 5.32 Å². The lowest BCUT2D eigenvalue weighted by Gasteiger charge is -2.26. The molecule has 3 aromatic rings. The molecule has 5 rings (SSSR count). The molecule has 0 saturated carbocycles. The Kier molecular flexibility index (Phi) is 3.11. The molecule has 2 heterocycles. The van der Waals surface area contributed by atoms with Gasteiger partial charge in [-0.25, -0.2) is 9.97 Å². The molecule has 124 valence electrons. The quantitative estimate of drug-likeness (QED) is 0.554. The number of aromatic nitrogens is 2. The Balaban J connectivity index is 1.49. The fraction of sp³-hybridized carbons (Fsp3) is 0.222. The van der Waals surface area contributed by atoms with E-state index in [-0.39, 0.29) is 10.6 Å². The van der Waals surface area contributed by atoms with Gasteiger partial charge in [-0.1, -0.05) is 18.2 Å². The van der Waals surface area contributed by atoms with Crippen molar-refractivity contribution in [3.8, 4) is 0 Å². The number of nitrogens with one attached hydrogen (secondary N) is 1. The Bertz CT molecular complexity index is 1060. The fourth-order valence-electron chi connectivity index (χ4n) is 3.76. The van der Waals surface area contributed by atoms with Crippen LogP contribution >= 0.6 is 11.3 Å². The molecule has 7 heteroatoms. The lowest BCUT2D eigenvalue weighted by Crippen LogP contribution is -2.10. The van der Waals surface area contributed by atoms with E-state index in [2.05, 4.69) is 21.4 Å². The van der Waals surface area contributed by atoms with Crippen molar-refractivity contribution in [3.63, 3.8) is 0 Å². The molecule has 0 saturated heterocycles. The van der Waals surface area contributed by atoms with Gasteiger partial charge < -0.3 is 5.32 Å². The van der Waals surface area contributed by atoms with Crippen LogP contribution in [0.15, 0.2) is 36.7 Å². The van der Waals surface area contributed by atoms with Crippen molar-refractivity contribution in [1.29, 1.82) is 0 Å². The first kappa shape index (κ1) is 14.5. The molecule has 1 atom stereocenters. The Hall–Kier alpha value is -2.80. The highest BCUT2D eigenvalue weighted by Crippen LogP contribution is 2.59. The largest absolute Gasteiger partial charge is 0.365 e. The number of non-ortho nitro benzene ring substituents is 1. The summed E-state index contributed by atoms with van der Waals surface area (Å²) in [6.07, 6.45) is 6.26. The molecule has 1 aromatic carbocycles. The van der Waals surface area contributed by atoms with E-state index in [1.165, 1.54) is 28.5 Å². The third-order valence-electron chi connectivity index (χ3n) is 4.90. The topological polar surface area (TPSA) is 81.0 Å². The maximum Gasteiger partial charge on any atom is 0.269 e. The maximum absolute atomic E-state index is 10.9. The molecule has 0 radical (unpaired) electrons. The second-order valence-corrected chi connectivity index (χ2v) is 7.34. The van der Waals surface area contributed by atoms with Crippen LogP contribution in [0.1, 0.15) is 34.8 Å². The number of nitrogens with zero attached hydrogens (tertiary/aromatic N) is 3. The van der Waals surface area contributed by atoms with Crippen LogP contribution in [-0.2, 0) is 6.54 Å². The summed E-state index contributed by atoms with van der Waals surface area (Å²) in [7, 11) is 0. The molecule has 25 heavy (non-hydrogen) atoms. The van der Waals surface area contributed by atoms with Crippen LogP contribution in [0.25, 0.3) is 15.8 Å². The third-order valence-corrected chi connectivity index (χ3v) is 6.11. The zero-order valence-corrected chi connectivity index (χ0v) is 14.0. The summed E-state index contributed by atoms with van der Waals surface area (Å²) < 4.78 is 0. The van der Waals surface area contributed by atoms with Crippen LogP contribution in [0.3, 0.4) is 0 Å². The first-order chi connectivity index (χ1) is 12.2. The summed E-state index contributed by atoms with van der Waals surface area (Å²) >= 11 is 1.76. The van der Waals surface area contributed by atoms with Crippen molar-refractivity contribution in [3.05, 3.63) is 62.8 Å². The Morgan fingerprint density at radius 3 is 3.16 bits per heavy atom. The number of thiophene rings is 1. The number of nitro benzene ring substituents is 1. The smallest absolute Gasteiger partial charge is 0.269 e. The first-order valence-electron chi connectivity index (χ1n) is 8.17. The van der Waals surface area contributed by atoms with E-state index >= 15 is 0 Å². The Labute approximate surface area is 147 Å². The molecule has 2 aromatic heterocycles. The predicted molar refractivity (Wildman–Crippen MR) is 97.8 cm³/mol. The summed E-state index contributed by atoms with van der Waals surface area (Å²) in [5, 5.41) is 15.4. The van der Waals surface area contributed by atoms with Gasteiger partial charge in [0.05, 0.1) is 10.3 Å². The van der Waals surface area contributed by atoms with E-state index in [1.54, 1.807) is 29.8 Å². The van der Waals surface area contributed by atoms with E-state index < -0.39 is 0 Å². The van der Waals surface area contributed by atoms with Crippen LogP contribution in [-0.4, -0.2) is 14.9 Å². The summed E-state index contributed by atoms with van der Waals surface area (Å²) in [5.74, 6) is 1.40. The molecule has 0 bridgehead atoms. The van der Waals surface area contributed by atoms with Gasteiger partial charge in [-0.2, -0.15) is 0 Å². The molecular formula is C18H14N4O2S. The fourth-order valence-corrected chi connectivity index (χ4v) is 5.07. The van der Waals surface area contributed by atoms with E-state index in [0.717, 1.165) is 28.0 Å². The SMILES string of the molecule is O=[N+]([O-])c1cccc(CNc2ncnc3sc4c(c23)C2=CCCC24)c1. The molecular weight excluding hydrogens is 336 g/mol. The van der Waals surface area contributed by atoms with Crippen LogP contribution in [0.2, 0.25) is 0 Å². The van der Waals surface area contributed by atoms with E-state index in [4.69, 9.17) is 0 Å². The zero-order chi connectivity index (χ0) is 17.0. The summed E-state index contributed by atoms with van der Waals surface area (Å²) in [6, 6.07) is 6.67. The van der Waals surface area contributed by atoms with Gasteiger partial charge in [-0.15, -0.1) is 11.3 Å². The molecule has 1 unspecified atom stereocenters. The van der Waals surface area contributed by atoms with Gasteiger partial charge in [-0.05, 0) is 24.0 Å². The standard InChI is InChI=1S/C18H14N4O2S/c23-22(24)11-4-1-3-10(7-11)8-19-17-15-14-12-5-2-6-13(12)16(14)25-18(15)21-9-20-17/h1,3-5,7,9,13H,2,6,8H2,(H,19,20,21). The van der Waals surface area contributed by atoms with Crippen molar-refractivity contribution in [1.82, 2.24) is 9.97 Å². The minimum absolute atomic E-state index is 0.103. The number of fused-ring (bicyclic) bond motifs is 6. The highest BCUT2D eigenvalue weighted by Gasteiger charge is 2.39. The minimum atomic E-state index is -0.374. The van der Waals surface area contributed by atoms with Gasteiger partial charge in [-0.3, -0.25) is 10.1 Å². The molecule has 2 aliphatic rings. The lowest BCUT2D eigenvalue weighted by atomic mass is 9.80. The lowest BCUT2D eigenvalue weighted by molar-refractivity contribution is -0.384. The number of hydrogen-bond acceptors (Lipinski definition) is 6. The first-order valence-corrected chi connectivity index (χ1v) is 8.99. The molecule has 6 nitrogen and oxygen atoms in total. The third kappa shape index (κ3) is 2.16.